The van der Waals surface area contributed by atoms with Gasteiger partial charge in [0.15, 0.2) is 0 Å². The molecule has 2 nitrogen and oxygen atoms in total. The molecule has 0 aliphatic heterocycles. The third kappa shape index (κ3) is 1.80. The first kappa shape index (κ1) is 7.72. The number of hydrogen-bond acceptors (Lipinski definition) is 3. The van der Waals surface area contributed by atoms with E-state index in [4.69, 9.17) is 10.8 Å². The Labute approximate surface area is 64.3 Å². The van der Waals surface area contributed by atoms with Gasteiger partial charge in [-0.05, 0) is 28.8 Å². The molecule has 1 aromatic rings. The summed E-state index contributed by atoms with van der Waals surface area (Å²) in [4.78, 5) is 0. The molecule has 1 heterocycles. The average Bonchev–Trinajstić information content (AvgIpc) is 2.38. The lowest BCUT2D eigenvalue weighted by Gasteiger charge is -2.05. The summed E-state index contributed by atoms with van der Waals surface area (Å²) in [7, 11) is 0. The van der Waals surface area contributed by atoms with E-state index in [-0.39, 0.29) is 12.6 Å². The van der Waals surface area contributed by atoms with Crippen LogP contribution in [0.5, 0.6) is 0 Å². The van der Waals surface area contributed by atoms with Crippen molar-refractivity contribution in [3.63, 3.8) is 0 Å². The van der Waals surface area contributed by atoms with E-state index >= 15 is 0 Å². The van der Waals surface area contributed by atoms with E-state index in [9.17, 15) is 0 Å². The second-order valence-corrected chi connectivity index (χ2v) is 2.96. The van der Waals surface area contributed by atoms with E-state index in [1.54, 1.807) is 11.3 Å². The van der Waals surface area contributed by atoms with Gasteiger partial charge < -0.3 is 10.8 Å². The Balaban J connectivity index is 2.50. The summed E-state index contributed by atoms with van der Waals surface area (Å²) in [6.07, 6.45) is 0.650. The van der Waals surface area contributed by atoms with E-state index < -0.39 is 0 Å². The first-order valence-electron chi connectivity index (χ1n) is 3.23. The van der Waals surface area contributed by atoms with Gasteiger partial charge in [-0.1, -0.05) is 0 Å². The van der Waals surface area contributed by atoms with Crippen molar-refractivity contribution in [2.75, 3.05) is 6.61 Å². The number of nitrogens with two attached hydrogens (primary N) is 1. The molecule has 0 radical (unpaired) electrons. The summed E-state index contributed by atoms with van der Waals surface area (Å²) >= 11 is 1.63. The van der Waals surface area contributed by atoms with Crippen molar-refractivity contribution in [2.24, 2.45) is 5.73 Å². The van der Waals surface area contributed by atoms with E-state index in [0.717, 1.165) is 5.56 Å². The number of hydrogen-bond donors (Lipinski definition) is 2. The van der Waals surface area contributed by atoms with Crippen LogP contribution in [-0.2, 0) is 0 Å². The third-order valence-corrected chi connectivity index (χ3v) is 2.11. The fraction of sp³-hybridized carbons (Fsp3) is 0.429. The summed E-state index contributed by atoms with van der Waals surface area (Å²) in [6, 6.07) is 2.00. The molecule has 56 valence electrons. The molecule has 0 spiro atoms. The Morgan fingerprint density at radius 1 is 1.70 bits per heavy atom. The zero-order valence-corrected chi connectivity index (χ0v) is 6.47. The Hall–Kier alpha value is -0.380. The molecule has 10 heavy (non-hydrogen) atoms. The van der Waals surface area contributed by atoms with Crippen molar-refractivity contribution in [3.05, 3.63) is 22.4 Å². The van der Waals surface area contributed by atoms with Crippen LogP contribution in [0.3, 0.4) is 0 Å². The fourth-order valence-corrected chi connectivity index (χ4v) is 1.52. The maximum atomic E-state index is 8.56. The van der Waals surface area contributed by atoms with Crippen LogP contribution >= 0.6 is 11.3 Å². The highest BCUT2D eigenvalue weighted by Gasteiger charge is 2.03. The quantitative estimate of drug-likeness (QED) is 0.691. The fourth-order valence-electron chi connectivity index (χ4n) is 0.792. The maximum absolute atomic E-state index is 8.56. The van der Waals surface area contributed by atoms with Gasteiger partial charge in [-0.3, -0.25) is 0 Å². The molecule has 0 aliphatic rings. The van der Waals surface area contributed by atoms with Gasteiger partial charge in [0.2, 0.25) is 0 Å². The van der Waals surface area contributed by atoms with Crippen LogP contribution in [0, 0.1) is 0 Å². The molecule has 3 N–H and O–H groups in total. The van der Waals surface area contributed by atoms with Crippen molar-refractivity contribution in [1.29, 1.82) is 0 Å². The van der Waals surface area contributed by atoms with Crippen LogP contribution in [0.4, 0.5) is 0 Å². The second kappa shape index (κ2) is 3.71. The van der Waals surface area contributed by atoms with Crippen molar-refractivity contribution in [2.45, 2.75) is 12.5 Å². The minimum absolute atomic E-state index is 0.0104. The van der Waals surface area contributed by atoms with Crippen LogP contribution in [0.2, 0.25) is 0 Å². The van der Waals surface area contributed by atoms with Gasteiger partial charge >= 0.3 is 0 Å². The van der Waals surface area contributed by atoms with E-state index in [1.807, 2.05) is 16.8 Å². The average molecular weight is 157 g/mol. The van der Waals surface area contributed by atoms with Crippen LogP contribution in [0.1, 0.15) is 18.0 Å². The molecule has 0 aromatic carbocycles. The Morgan fingerprint density at radius 3 is 3.00 bits per heavy atom. The molecule has 0 amide bonds. The lowest BCUT2D eigenvalue weighted by molar-refractivity contribution is 0.276. The first-order valence-corrected chi connectivity index (χ1v) is 4.17. The molecular formula is C7H11NOS. The predicted octanol–water partition coefficient (Wildman–Crippen LogP) is 1.13. The van der Waals surface area contributed by atoms with Crippen molar-refractivity contribution < 1.29 is 5.11 Å². The molecule has 1 atom stereocenters. The third-order valence-electron chi connectivity index (χ3n) is 1.41. The van der Waals surface area contributed by atoms with Crippen molar-refractivity contribution in [1.82, 2.24) is 0 Å². The van der Waals surface area contributed by atoms with E-state index in [2.05, 4.69) is 0 Å². The lowest BCUT2D eigenvalue weighted by atomic mass is 10.1. The topological polar surface area (TPSA) is 46.2 Å². The highest BCUT2D eigenvalue weighted by Crippen LogP contribution is 2.15. The molecule has 0 unspecified atom stereocenters. The van der Waals surface area contributed by atoms with Crippen molar-refractivity contribution in [3.8, 4) is 0 Å². The summed E-state index contributed by atoms with van der Waals surface area (Å²) in [5.41, 5.74) is 6.82. The van der Waals surface area contributed by atoms with Gasteiger partial charge in [0.05, 0.1) is 0 Å². The van der Waals surface area contributed by atoms with Crippen LogP contribution in [-0.4, -0.2) is 11.7 Å². The normalized spacial score (nSPS) is 13.4. The predicted molar refractivity (Wildman–Crippen MR) is 43.0 cm³/mol. The Bertz CT molecular complexity index is 174. The van der Waals surface area contributed by atoms with Gasteiger partial charge in [-0.15, -0.1) is 0 Å². The number of aliphatic hydroxyl groups is 1. The van der Waals surface area contributed by atoms with Gasteiger partial charge in [-0.25, -0.2) is 0 Å². The second-order valence-electron chi connectivity index (χ2n) is 2.18. The number of aliphatic hydroxyl groups excluding tert-OH is 1. The van der Waals surface area contributed by atoms with E-state index in [1.165, 1.54) is 0 Å². The van der Waals surface area contributed by atoms with Gasteiger partial charge in [0, 0.05) is 12.6 Å². The van der Waals surface area contributed by atoms with Crippen molar-refractivity contribution >= 4 is 11.3 Å². The zero-order chi connectivity index (χ0) is 7.40. The maximum Gasteiger partial charge on any atom is 0.0449 e. The van der Waals surface area contributed by atoms with Crippen LogP contribution in [0.15, 0.2) is 16.8 Å². The first-order chi connectivity index (χ1) is 4.84. The minimum Gasteiger partial charge on any atom is -0.396 e. The number of rotatable bonds is 3. The highest BCUT2D eigenvalue weighted by atomic mass is 32.1. The summed E-state index contributed by atoms with van der Waals surface area (Å²) < 4.78 is 0. The molecule has 0 saturated carbocycles. The molecule has 1 rings (SSSR count). The summed E-state index contributed by atoms with van der Waals surface area (Å²) in [5, 5.41) is 12.6. The van der Waals surface area contributed by atoms with Crippen LogP contribution < -0.4 is 5.73 Å². The van der Waals surface area contributed by atoms with Gasteiger partial charge in [-0.2, -0.15) is 11.3 Å². The smallest absolute Gasteiger partial charge is 0.0449 e. The molecule has 0 aliphatic carbocycles. The van der Waals surface area contributed by atoms with Crippen LogP contribution in [0.25, 0.3) is 0 Å². The Kier molecular flexibility index (Phi) is 2.86. The Morgan fingerprint density at radius 2 is 2.50 bits per heavy atom. The molecule has 0 bridgehead atoms. The monoisotopic (exact) mass is 157 g/mol. The highest BCUT2D eigenvalue weighted by molar-refractivity contribution is 7.07. The summed E-state index contributed by atoms with van der Waals surface area (Å²) in [6.45, 7) is 0.164. The number of thiophene rings is 1. The molecular weight excluding hydrogens is 146 g/mol. The summed E-state index contributed by atoms with van der Waals surface area (Å²) in [5.74, 6) is 0. The molecule has 3 heteroatoms. The SMILES string of the molecule is N[C@@H](CCO)c1ccsc1. The molecule has 0 saturated heterocycles. The zero-order valence-electron chi connectivity index (χ0n) is 5.66. The van der Waals surface area contributed by atoms with Gasteiger partial charge in [0.25, 0.3) is 0 Å². The van der Waals surface area contributed by atoms with E-state index in [0.29, 0.717) is 6.42 Å². The van der Waals surface area contributed by atoms with Gasteiger partial charge in [0.1, 0.15) is 0 Å². The largest absolute Gasteiger partial charge is 0.396 e. The minimum atomic E-state index is 0.0104. The molecule has 1 aromatic heterocycles. The lowest BCUT2D eigenvalue weighted by Crippen LogP contribution is -2.10. The molecule has 0 fully saturated rings. The standard InChI is InChI=1S/C7H11NOS/c8-7(1-3-9)6-2-4-10-5-6/h2,4-5,7,9H,1,3,8H2/t7-/m0/s1.